The highest BCUT2D eigenvalue weighted by molar-refractivity contribution is 9.10. The Bertz CT molecular complexity index is 1500. The number of aromatic nitrogens is 4. The van der Waals surface area contributed by atoms with Gasteiger partial charge in [-0.2, -0.15) is 18.2 Å². The Kier molecular flexibility index (Phi) is 7.45. The number of piperazine rings is 1. The molecule has 0 spiro atoms. The van der Waals surface area contributed by atoms with Crippen molar-refractivity contribution in [3.05, 3.63) is 63.9 Å². The zero-order valence-electron chi connectivity index (χ0n) is 21.3. The maximum absolute atomic E-state index is 13.2. The number of rotatable bonds is 6. The van der Waals surface area contributed by atoms with Crippen LogP contribution in [0.25, 0.3) is 11.0 Å². The van der Waals surface area contributed by atoms with Gasteiger partial charge in [0.2, 0.25) is 5.95 Å². The molecular weight excluding hydrogens is 575 g/mol. The molecule has 1 fully saturated rings. The zero-order chi connectivity index (χ0) is 27.7. The molecule has 4 N–H and O–H groups in total. The van der Waals surface area contributed by atoms with Crippen LogP contribution in [0.5, 0.6) is 0 Å². The van der Waals surface area contributed by atoms with E-state index < -0.39 is 11.7 Å². The second kappa shape index (κ2) is 10.8. The molecule has 0 unspecified atom stereocenters. The van der Waals surface area contributed by atoms with E-state index in [-0.39, 0.29) is 5.82 Å². The average Bonchev–Trinajstić information content (AvgIpc) is 2.89. The van der Waals surface area contributed by atoms with Crippen LogP contribution >= 0.6 is 15.9 Å². The summed E-state index contributed by atoms with van der Waals surface area (Å²) in [7, 11) is 2.08. The number of hydrogen-bond acceptors (Lipinski definition) is 9. The van der Waals surface area contributed by atoms with E-state index in [9.17, 15) is 13.2 Å². The average molecular weight is 602 g/mol. The Morgan fingerprint density at radius 1 is 1.00 bits per heavy atom. The Morgan fingerprint density at radius 2 is 1.77 bits per heavy atom. The first-order valence-corrected chi connectivity index (χ1v) is 13.1. The van der Waals surface area contributed by atoms with Gasteiger partial charge in [0.25, 0.3) is 0 Å². The van der Waals surface area contributed by atoms with E-state index in [0.29, 0.717) is 39.5 Å². The fourth-order valence-electron chi connectivity index (χ4n) is 4.30. The summed E-state index contributed by atoms with van der Waals surface area (Å²) in [5.41, 5.74) is 9.45. The number of fused-ring (bicyclic) bond motifs is 1. The van der Waals surface area contributed by atoms with Crippen LogP contribution in [0, 0.1) is 6.92 Å². The monoisotopic (exact) mass is 601 g/mol. The number of nitrogen functional groups attached to an aromatic ring is 1. The third-order valence-corrected chi connectivity index (χ3v) is 7.02. The van der Waals surface area contributed by atoms with Crippen molar-refractivity contribution in [3.63, 3.8) is 0 Å². The Hall–Kier alpha value is -3.71. The molecule has 13 heteroatoms. The molecule has 5 rings (SSSR count). The van der Waals surface area contributed by atoms with Crippen LogP contribution in [0.2, 0.25) is 0 Å². The molecule has 4 aromatic rings. The number of halogens is 4. The number of nitrogens with two attached hydrogens (primary N) is 1. The Labute approximate surface area is 231 Å². The van der Waals surface area contributed by atoms with Crippen LogP contribution in [0.3, 0.4) is 0 Å². The summed E-state index contributed by atoms with van der Waals surface area (Å²) in [5.74, 6) is 1.30. The summed E-state index contributed by atoms with van der Waals surface area (Å²) in [4.78, 5) is 22.3. The van der Waals surface area contributed by atoms with Crippen LogP contribution < -0.4 is 21.3 Å². The quantitative estimate of drug-likeness (QED) is 0.275. The van der Waals surface area contributed by atoms with Crippen molar-refractivity contribution in [2.75, 3.05) is 54.5 Å². The van der Waals surface area contributed by atoms with E-state index in [2.05, 4.69) is 58.4 Å². The summed E-state index contributed by atoms with van der Waals surface area (Å²) >= 11 is 3.16. The lowest BCUT2D eigenvalue weighted by Gasteiger charge is -2.32. The molecule has 0 aliphatic carbocycles. The van der Waals surface area contributed by atoms with Crippen molar-refractivity contribution in [1.82, 2.24) is 24.8 Å². The smallest absolute Gasteiger partial charge is 0.382 e. The predicted molar refractivity (Wildman–Crippen MR) is 150 cm³/mol. The molecule has 0 bridgehead atoms. The zero-order valence-corrected chi connectivity index (χ0v) is 22.9. The molecule has 3 heterocycles. The SMILES string of the molecule is Cc1ccc(CNc2cc(Br)cc(C(F)(F)F)c2)cc1Nc1ncnc2c(N)nc(N3CCN(C)CC3)nc12. The minimum absolute atomic E-state index is 0.279. The standard InChI is InChI=1S/C26H27BrF3N9/c1-15-3-4-16(13-32-19-11-17(26(28,29)30)10-18(27)12-19)9-20(15)35-24-22-21(33-14-34-24)23(31)37-25(36-22)39-7-5-38(2)6-8-39/h3-4,9-12,14,32H,5-8,13H2,1-2H3,(H2,31,36,37)(H,33,34,35). The molecule has 0 amide bonds. The molecule has 1 aliphatic rings. The number of alkyl halides is 3. The Balaban J connectivity index is 1.40. The van der Waals surface area contributed by atoms with Crippen molar-refractivity contribution in [2.45, 2.75) is 19.6 Å². The van der Waals surface area contributed by atoms with Gasteiger partial charge in [-0.25, -0.2) is 15.0 Å². The van der Waals surface area contributed by atoms with E-state index in [1.54, 1.807) is 6.07 Å². The maximum atomic E-state index is 13.2. The lowest BCUT2D eigenvalue weighted by molar-refractivity contribution is -0.137. The van der Waals surface area contributed by atoms with Gasteiger partial charge in [-0.15, -0.1) is 0 Å². The minimum Gasteiger partial charge on any atom is -0.382 e. The van der Waals surface area contributed by atoms with Gasteiger partial charge < -0.3 is 26.2 Å². The van der Waals surface area contributed by atoms with Crippen molar-refractivity contribution < 1.29 is 13.2 Å². The fraction of sp³-hybridized carbons (Fsp3) is 0.308. The summed E-state index contributed by atoms with van der Waals surface area (Å²) < 4.78 is 40.0. The van der Waals surface area contributed by atoms with Crippen LogP contribution in [-0.4, -0.2) is 58.1 Å². The van der Waals surface area contributed by atoms with Gasteiger partial charge in [0.05, 0.1) is 5.56 Å². The molecule has 2 aromatic heterocycles. The van der Waals surface area contributed by atoms with E-state index >= 15 is 0 Å². The van der Waals surface area contributed by atoms with Crippen LogP contribution in [0.1, 0.15) is 16.7 Å². The second-order valence-electron chi connectivity index (χ2n) is 9.47. The number of anilines is 5. The number of hydrogen-bond donors (Lipinski definition) is 3. The minimum atomic E-state index is -4.43. The highest BCUT2D eigenvalue weighted by Crippen LogP contribution is 2.34. The molecule has 204 valence electrons. The summed E-state index contributed by atoms with van der Waals surface area (Å²) in [6, 6.07) is 9.52. The molecule has 39 heavy (non-hydrogen) atoms. The van der Waals surface area contributed by atoms with Gasteiger partial charge in [-0.1, -0.05) is 28.1 Å². The normalized spacial score (nSPS) is 14.6. The predicted octanol–water partition coefficient (Wildman–Crippen LogP) is 5.20. The van der Waals surface area contributed by atoms with Gasteiger partial charge in [0.1, 0.15) is 17.4 Å². The summed E-state index contributed by atoms with van der Waals surface area (Å²) in [6.45, 7) is 5.63. The first-order valence-electron chi connectivity index (χ1n) is 12.3. The van der Waals surface area contributed by atoms with Crippen LogP contribution in [-0.2, 0) is 12.7 Å². The highest BCUT2D eigenvalue weighted by Gasteiger charge is 2.31. The molecule has 1 saturated heterocycles. The van der Waals surface area contributed by atoms with Crippen LogP contribution in [0.15, 0.2) is 47.2 Å². The largest absolute Gasteiger partial charge is 0.416 e. The molecule has 0 atom stereocenters. The number of likely N-dealkylation sites (N-methyl/N-ethyl adjacent to an activating group) is 1. The lowest BCUT2D eigenvalue weighted by Crippen LogP contribution is -2.45. The van der Waals surface area contributed by atoms with E-state index in [1.165, 1.54) is 6.33 Å². The first kappa shape index (κ1) is 26.9. The number of aryl methyl sites for hydroxylation is 1. The van der Waals surface area contributed by atoms with E-state index in [1.807, 2.05) is 25.1 Å². The first-order chi connectivity index (χ1) is 18.6. The third-order valence-electron chi connectivity index (χ3n) is 6.56. The van der Waals surface area contributed by atoms with Gasteiger partial charge in [-0.05, 0) is 49.4 Å². The number of benzene rings is 2. The van der Waals surface area contributed by atoms with Gasteiger partial charge in [-0.3, -0.25) is 0 Å². The summed E-state index contributed by atoms with van der Waals surface area (Å²) in [5, 5.41) is 6.43. The van der Waals surface area contributed by atoms with E-state index in [0.717, 1.165) is 55.1 Å². The number of nitrogens with zero attached hydrogens (tertiary/aromatic N) is 6. The van der Waals surface area contributed by atoms with Crippen molar-refractivity contribution >= 4 is 55.9 Å². The van der Waals surface area contributed by atoms with Gasteiger partial charge in [0, 0.05) is 48.6 Å². The van der Waals surface area contributed by atoms with Gasteiger partial charge in [0.15, 0.2) is 11.6 Å². The molecule has 9 nitrogen and oxygen atoms in total. The van der Waals surface area contributed by atoms with Crippen molar-refractivity contribution in [3.8, 4) is 0 Å². The summed E-state index contributed by atoms with van der Waals surface area (Å²) in [6.07, 6.45) is -3.02. The molecule has 2 aromatic carbocycles. The molecule has 1 aliphatic heterocycles. The van der Waals surface area contributed by atoms with E-state index in [4.69, 9.17) is 10.7 Å². The highest BCUT2D eigenvalue weighted by atomic mass is 79.9. The third kappa shape index (κ3) is 6.14. The Morgan fingerprint density at radius 3 is 2.51 bits per heavy atom. The topological polar surface area (TPSA) is 108 Å². The lowest BCUT2D eigenvalue weighted by atomic mass is 10.1. The van der Waals surface area contributed by atoms with Crippen molar-refractivity contribution in [1.29, 1.82) is 0 Å². The molecule has 0 radical (unpaired) electrons. The fourth-order valence-corrected chi connectivity index (χ4v) is 4.79. The maximum Gasteiger partial charge on any atom is 0.416 e. The molecule has 0 saturated carbocycles. The number of nitrogens with one attached hydrogen (secondary N) is 2. The molecular formula is C26H27BrF3N9. The van der Waals surface area contributed by atoms with Gasteiger partial charge >= 0.3 is 6.18 Å². The van der Waals surface area contributed by atoms with Crippen LogP contribution in [0.4, 0.5) is 42.1 Å². The second-order valence-corrected chi connectivity index (χ2v) is 10.4. The van der Waals surface area contributed by atoms with Crippen molar-refractivity contribution in [2.24, 2.45) is 0 Å².